The molecule has 0 spiro atoms. The fourth-order valence-electron chi connectivity index (χ4n) is 1.58. The Bertz CT molecular complexity index is 552. The summed E-state index contributed by atoms with van der Waals surface area (Å²) in [6.45, 7) is 3.88. The van der Waals surface area contributed by atoms with Crippen LogP contribution in [0.2, 0.25) is 5.02 Å². The first-order valence-electron chi connectivity index (χ1n) is 5.24. The van der Waals surface area contributed by atoms with Gasteiger partial charge in [0.15, 0.2) is 5.82 Å². The second kappa shape index (κ2) is 4.63. The number of halogens is 1. The van der Waals surface area contributed by atoms with Crippen LogP contribution in [-0.4, -0.2) is 4.98 Å². The van der Waals surface area contributed by atoms with Gasteiger partial charge in [-0.3, -0.25) is 0 Å². The normalized spacial score (nSPS) is 10.3. The summed E-state index contributed by atoms with van der Waals surface area (Å²) in [5, 5.41) is 3.72. The van der Waals surface area contributed by atoms with Gasteiger partial charge in [-0.05, 0) is 43.7 Å². The summed E-state index contributed by atoms with van der Waals surface area (Å²) in [5.41, 5.74) is 9.30. The van der Waals surface area contributed by atoms with Crippen molar-refractivity contribution in [2.45, 2.75) is 13.8 Å². The number of pyridine rings is 1. The third kappa shape index (κ3) is 2.50. The van der Waals surface area contributed by atoms with Crippen molar-refractivity contribution in [1.82, 2.24) is 4.98 Å². The lowest BCUT2D eigenvalue weighted by Gasteiger charge is -2.12. The number of hydrogen-bond acceptors (Lipinski definition) is 3. The fraction of sp³-hybridized carbons (Fsp3) is 0.154. The molecule has 87 valence electrons. The molecule has 2 aromatic rings. The number of nitrogens with one attached hydrogen (secondary N) is 1. The van der Waals surface area contributed by atoms with Gasteiger partial charge < -0.3 is 11.1 Å². The van der Waals surface area contributed by atoms with Gasteiger partial charge in [-0.15, -0.1) is 0 Å². The molecule has 0 saturated heterocycles. The molecule has 1 radical (unpaired) electrons. The summed E-state index contributed by atoms with van der Waals surface area (Å²) in [5.74, 6) is 0.635. The van der Waals surface area contributed by atoms with Crippen LogP contribution < -0.4 is 11.1 Å². The van der Waals surface area contributed by atoms with E-state index in [0.29, 0.717) is 16.5 Å². The van der Waals surface area contributed by atoms with Crippen molar-refractivity contribution in [1.29, 1.82) is 0 Å². The standard InChI is InChI=1S/C13H13ClN3/c1-8-7-9(2)16-13(12(8)15)17-11-6-4-3-5-10(11)14/h4-7H,15H2,1-2H3,(H,16,17). The van der Waals surface area contributed by atoms with Crippen LogP contribution in [0.1, 0.15) is 11.3 Å². The minimum atomic E-state index is 0.591. The maximum atomic E-state index is 6.04. The summed E-state index contributed by atoms with van der Waals surface area (Å²) in [4.78, 5) is 4.36. The highest BCUT2D eigenvalue weighted by atomic mass is 35.5. The highest BCUT2D eigenvalue weighted by Crippen LogP contribution is 2.28. The van der Waals surface area contributed by atoms with Gasteiger partial charge >= 0.3 is 0 Å². The van der Waals surface area contributed by atoms with Crippen molar-refractivity contribution >= 4 is 28.8 Å². The van der Waals surface area contributed by atoms with E-state index in [4.69, 9.17) is 17.3 Å². The molecule has 0 bridgehead atoms. The second-order valence-corrected chi connectivity index (χ2v) is 4.28. The van der Waals surface area contributed by atoms with E-state index in [1.807, 2.05) is 26.0 Å². The van der Waals surface area contributed by atoms with Gasteiger partial charge in [0.25, 0.3) is 0 Å². The van der Waals surface area contributed by atoms with Crippen LogP contribution >= 0.6 is 11.6 Å². The summed E-state index contributed by atoms with van der Waals surface area (Å²) >= 11 is 6.04. The molecule has 0 aliphatic heterocycles. The van der Waals surface area contributed by atoms with Crippen molar-refractivity contribution in [3.8, 4) is 0 Å². The Morgan fingerprint density at radius 3 is 2.88 bits per heavy atom. The molecule has 3 N–H and O–H groups in total. The van der Waals surface area contributed by atoms with Crippen molar-refractivity contribution in [3.63, 3.8) is 0 Å². The lowest BCUT2D eigenvalue weighted by atomic mass is 10.2. The Kier molecular flexibility index (Phi) is 3.20. The number of nitrogens with zero attached hydrogens (tertiary/aromatic N) is 1. The first kappa shape index (κ1) is 11.7. The lowest BCUT2D eigenvalue weighted by molar-refractivity contribution is 1.18. The predicted molar refractivity (Wildman–Crippen MR) is 71.7 cm³/mol. The zero-order valence-electron chi connectivity index (χ0n) is 9.71. The number of anilines is 3. The van der Waals surface area contributed by atoms with E-state index in [1.54, 1.807) is 12.1 Å². The van der Waals surface area contributed by atoms with Crippen molar-refractivity contribution < 1.29 is 0 Å². The van der Waals surface area contributed by atoms with E-state index < -0.39 is 0 Å². The topological polar surface area (TPSA) is 50.9 Å². The zero-order valence-corrected chi connectivity index (χ0v) is 10.5. The molecule has 0 aliphatic rings. The summed E-state index contributed by atoms with van der Waals surface area (Å²) in [7, 11) is 0. The second-order valence-electron chi connectivity index (χ2n) is 3.87. The minimum absolute atomic E-state index is 0.591. The summed E-state index contributed by atoms with van der Waals surface area (Å²) in [6.07, 6.45) is 0. The summed E-state index contributed by atoms with van der Waals surface area (Å²) < 4.78 is 0. The van der Waals surface area contributed by atoms with Crippen molar-refractivity contribution in [2.24, 2.45) is 0 Å². The number of aromatic nitrogens is 1. The third-order valence-corrected chi connectivity index (χ3v) is 2.77. The number of nitrogens with two attached hydrogens (primary N) is 1. The maximum absolute atomic E-state index is 6.04. The minimum Gasteiger partial charge on any atom is -0.396 e. The van der Waals surface area contributed by atoms with Crippen molar-refractivity contribution in [2.75, 3.05) is 11.1 Å². The fourth-order valence-corrected chi connectivity index (χ4v) is 1.75. The van der Waals surface area contributed by atoms with Crippen LogP contribution in [0.5, 0.6) is 0 Å². The quantitative estimate of drug-likeness (QED) is 0.853. The average molecular weight is 247 g/mol. The number of benzene rings is 1. The van der Waals surface area contributed by atoms with E-state index in [9.17, 15) is 0 Å². The van der Waals surface area contributed by atoms with Crippen LogP contribution in [0.15, 0.2) is 24.3 Å². The van der Waals surface area contributed by atoms with E-state index in [-0.39, 0.29) is 0 Å². The monoisotopic (exact) mass is 246 g/mol. The van der Waals surface area contributed by atoms with Crippen molar-refractivity contribution in [3.05, 3.63) is 46.6 Å². The Morgan fingerprint density at radius 2 is 2.18 bits per heavy atom. The highest BCUT2D eigenvalue weighted by molar-refractivity contribution is 6.33. The molecule has 17 heavy (non-hydrogen) atoms. The van der Waals surface area contributed by atoms with Crippen LogP contribution in [0.3, 0.4) is 0 Å². The van der Waals surface area contributed by atoms with Crippen LogP contribution in [0.25, 0.3) is 0 Å². The SMILES string of the molecule is Cc1cc(C)c(N)c(Nc2cc[c]cc2Cl)n1. The molecule has 0 unspecified atom stereocenters. The maximum Gasteiger partial charge on any atom is 0.154 e. The first-order valence-corrected chi connectivity index (χ1v) is 5.62. The Balaban J connectivity index is 2.40. The van der Waals surface area contributed by atoms with E-state index in [0.717, 1.165) is 16.9 Å². The van der Waals surface area contributed by atoms with Crippen LogP contribution in [0.4, 0.5) is 17.2 Å². The molecular weight excluding hydrogens is 234 g/mol. The highest BCUT2D eigenvalue weighted by Gasteiger charge is 2.07. The lowest BCUT2D eigenvalue weighted by Crippen LogP contribution is -2.02. The Morgan fingerprint density at radius 1 is 1.41 bits per heavy atom. The van der Waals surface area contributed by atoms with E-state index in [1.165, 1.54) is 0 Å². The number of hydrogen-bond donors (Lipinski definition) is 2. The smallest absolute Gasteiger partial charge is 0.154 e. The van der Waals surface area contributed by atoms with Crippen LogP contribution in [0, 0.1) is 19.9 Å². The third-order valence-electron chi connectivity index (χ3n) is 2.46. The van der Waals surface area contributed by atoms with Crippen LogP contribution in [-0.2, 0) is 0 Å². The van der Waals surface area contributed by atoms with Gasteiger partial charge in [0, 0.05) is 5.69 Å². The average Bonchev–Trinajstić information content (AvgIpc) is 2.28. The molecule has 4 heteroatoms. The molecule has 1 heterocycles. The number of aryl methyl sites for hydroxylation is 2. The molecule has 1 aromatic heterocycles. The van der Waals surface area contributed by atoms with Gasteiger partial charge in [0.1, 0.15) is 0 Å². The van der Waals surface area contributed by atoms with E-state index >= 15 is 0 Å². The molecule has 0 atom stereocenters. The van der Waals surface area contributed by atoms with E-state index in [2.05, 4.69) is 16.4 Å². The first-order chi connectivity index (χ1) is 8.08. The molecule has 0 amide bonds. The number of nitrogen functional groups attached to an aromatic ring is 1. The van der Waals surface area contributed by atoms with Gasteiger partial charge in [-0.25, -0.2) is 4.98 Å². The molecule has 0 fully saturated rings. The molecule has 0 saturated carbocycles. The predicted octanol–water partition coefficient (Wildman–Crippen LogP) is 3.48. The van der Waals surface area contributed by atoms with Gasteiger partial charge in [0.05, 0.1) is 16.4 Å². The molecule has 3 nitrogen and oxygen atoms in total. The molecule has 0 aliphatic carbocycles. The molecular formula is C13H13ClN3. The summed E-state index contributed by atoms with van der Waals surface area (Å²) in [6, 6.07) is 10.2. The Labute approximate surface area is 106 Å². The van der Waals surface area contributed by atoms with Gasteiger partial charge in [-0.2, -0.15) is 0 Å². The Hall–Kier alpha value is -1.74. The molecule has 1 aromatic carbocycles. The molecule has 2 rings (SSSR count). The van der Waals surface area contributed by atoms with Gasteiger partial charge in [-0.1, -0.05) is 17.7 Å². The van der Waals surface area contributed by atoms with Gasteiger partial charge in [0.2, 0.25) is 0 Å². The number of rotatable bonds is 2. The largest absolute Gasteiger partial charge is 0.396 e. The zero-order chi connectivity index (χ0) is 12.4.